The third-order valence-electron chi connectivity index (χ3n) is 5.08. The summed E-state index contributed by atoms with van der Waals surface area (Å²) in [6, 6.07) is 9.76. The fourth-order valence-electron chi connectivity index (χ4n) is 3.26. The van der Waals surface area contributed by atoms with Crippen LogP contribution in [0.4, 0.5) is 11.5 Å². The van der Waals surface area contributed by atoms with E-state index in [1.165, 1.54) is 16.9 Å². The molecule has 160 valence electrons. The summed E-state index contributed by atoms with van der Waals surface area (Å²) in [5, 5.41) is 11.2. The highest BCUT2D eigenvalue weighted by Gasteiger charge is 2.29. The number of amides is 2. The Morgan fingerprint density at radius 3 is 2.68 bits per heavy atom. The van der Waals surface area contributed by atoms with Crippen LogP contribution in [0.2, 0.25) is 10.0 Å². The molecule has 2 heterocycles. The zero-order valence-corrected chi connectivity index (χ0v) is 18.1. The summed E-state index contributed by atoms with van der Waals surface area (Å²) >= 11 is 12.3. The van der Waals surface area contributed by atoms with Crippen LogP contribution in [0.3, 0.4) is 0 Å². The number of pyridine rings is 1. The maximum absolute atomic E-state index is 12.9. The first-order chi connectivity index (χ1) is 14.8. The van der Waals surface area contributed by atoms with E-state index in [1.807, 2.05) is 6.92 Å². The van der Waals surface area contributed by atoms with Crippen molar-refractivity contribution in [1.82, 2.24) is 20.1 Å². The highest BCUT2D eigenvalue weighted by molar-refractivity contribution is 6.32. The van der Waals surface area contributed by atoms with Gasteiger partial charge in [0.1, 0.15) is 5.69 Å². The first kappa shape index (κ1) is 21.1. The Labute approximate surface area is 188 Å². The van der Waals surface area contributed by atoms with E-state index in [9.17, 15) is 9.59 Å². The second-order valence-corrected chi connectivity index (χ2v) is 8.26. The lowest BCUT2D eigenvalue weighted by atomic mass is 10.1. The van der Waals surface area contributed by atoms with Crippen molar-refractivity contribution in [3.8, 4) is 5.82 Å². The average Bonchev–Trinajstić information content (AvgIpc) is 3.50. The molecule has 1 saturated carbocycles. The van der Waals surface area contributed by atoms with E-state index in [0.717, 1.165) is 12.8 Å². The van der Waals surface area contributed by atoms with Gasteiger partial charge in [-0.25, -0.2) is 9.67 Å². The zero-order chi connectivity index (χ0) is 22.1. The maximum atomic E-state index is 12.9. The molecule has 2 amide bonds. The highest BCUT2D eigenvalue weighted by Crippen LogP contribution is 2.33. The van der Waals surface area contributed by atoms with Crippen LogP contribution in [-0.2, 0) is 0 Å². The molecule has 8 nitrogen and oxygen atoms in total. The minimum Gasteiger partial charge on any atom is -0.364 e. The minimum atomic E-state index is -0.699. The molecule has 1 unspecified atom stereocenters. The molecule has 0 aliphatic heterocycles. The van der Waals surface area contributed by atoms with Crippen molar-refractivity contribution in [3.05, 3.63) is 63.9 Å². The van der Waals surface area contributed by atoms with Crippen LogP contribution in [0.15, 0.2) is 42.6 Å². The van der Waals surface area contributed by atoms with Crippen LogP contribution in [0.25, 0.3) is 5.82 Å². The van der Waals surface area contributed by atoms with Crippen molar-refractivity contribution < 1.29 is 9.59 Å². The number of nitrogens with zero attached hydrogens (tertiary/aromatic N) is 3. The second kappa shape index (κ2) is 8.56. The number of hydrogen-bond donors (Lipinski definition) is 3. The maximum Gasteiger partial charge on any atom is 0.267 e. The van der Waals surface area contributed by atoms with Gasteiger partial charge in [0.2, 0.25) is 0 Å². The predicted octanol–water partition coefficient (Wildman–Crippen LogP) is 3.94. The van der Waals surface area contributed by atoms with E-state index in [2.05, 4.69) is 20.7 Å². The number of carbonyl (C=O) groups is 2. The highest BCUT2D eigenvalue weighted by atomic mass is 35.5. The van der Waals surface area contributed by atoms with Crippen molar-refractivity contribution >= 4 is 46.5 Å². The summed E-state index contributed by atoms with van der Waals surface area (Å²) < 4.78 is 1.26. The van der Waals surface area contributed by atoms with Gasteiger partial charge in [-0.15, -0.1) is 5.10 Å². The van der Waals surface area contributed by atoms with Gasteiger partial charge in [0, 0.05) is 23.3 Å². The molecule has 0 radical (unpaired) electrons. The van der Waals surface area contributed by atoms with Crippen molar-refractivity contribution in [1.29, 1.82) is 0 Å². The Kier molecular flexibility index (Phi) is 5.84. The van der Waals surface area contributed by atoms with Crippen molar-refractivity contribution in [2.45, 2.75) is 25.8 Å². The molecule has 1 aliphatic rings. The number of nitrogens with two attached hydrogens (primary N) is 1. The molecule has 0 spiro atoms. The van der Waals surface area contributed by atoms with E-state index in [1.54, 1.807) is 30.3 Å². The van der Waals surface area contributed by atoms with Gasteiger partial charge in [-0.05, 0) is 56.0 Å². The SMILES string of the molecule is CC(NC(=O)c1cc(Cl)ccc1Nc1cc(C(N)=O)n(-c2ncccc2Cl)n1)C1CC1. The smallest absolute Gasteiger partial charge is 0.267 e. The van der Waals surface area contributed by atoms with Gasteiger partial charge < -0.3 is 16.4 Å². The molecule has 1 atom stereocenters. The number of benzene rings is 1. The number of primary amides is 1. The third kappa shape index (κ3) is 4.65. The fourth-order valence-corrected chi connectivity index (χ4v) is 3.64. The van der Waals surface area contributed by atoms with Gasteiger partial charge >= 0.3 is 0 Å². The Bertz CT molecular complexity index is 1160. The molecule has 1 aromatic carbocycles. The molecule has 2 aromatic heterocycles. The van der Waals surface area contributed by atoms with Crippen LogP contribution in [0, 0.1) is 5.92 Å². The number of halogens is 2. The van der Waals surface area contributed by atoms with Gasteiger partial charge in [0.05, 0.1) is 16.3 Å². The number of hydrogen-bond acceptors (Lipinski definition) is 5. The summed E-state index contributed by atoms with van der Waals surface area (Å²) in [5.74, 6) is 0.123. The molecular weight excluding hydrogens is 439 g/mol. The number of anilines is 2. The van der Waals surface area contributed by atoms with E-state index in [0.29, 0.717) is 33.0 Å². The zero-order valence-electron chi connectivity index (χ0n) is 16.6. The van der Waals surface area contributed by atoms with Crippen molar-refractivity contribution in [2.75, 3.05) is 5.32 Å². The summed E-state index contributed by atoms with van der Waals surface area (Å²) in [6.45, 7) is 1.99. The lowest BCUT2D eigenvalue weighted by Crippen LogP contribution is -2.34. The third-order valence-corrected chi connectivity index (χ3v) is 5.61. The Morgan fingerprint density at radius 1 is 1.23 bits per heavy atom. The first-order valence-corrected chi connectivity index (χ1v) is 10.5. The van der Waals surface area contributed by atoms with Crippen molar-refractivity contribution in [3.63, 3.8) is 0 Å². The van der Waals surface area contributed by atoms with E-state index < -0.39 is 5.91 Å². The summed E-state index contributed by atoms with van der Waals surface area (Å²) in [6.07, 6.45) is 3.76. The molecule has 0 saturated heterocycles. The van der Waals surface area contributed by atoms with Crippen LogP contribution >= 0.6 is 23.2 Å². The van der Waals surface area contributed by atoms with Crippen LogP contribution in [0.5, 0.6) is 0 Å². The fraction of sp³-hybridized carbons (Fsp3) is 0.238. The average molecular weight is 459 g/mol. The van der Waals surface area contributed by atoms with Crippen molar-refractivity contribution in [2.24, 2.45) is 11.7 Å². The number of rotatable bonds is 7. The molecule has 4 N–H and O–H groups in total. The summed E-state index contributed by atoms with van der Waals surface area (Å²) in [4.78, 5) is 29.0. The van der Waals surface area contributed by atoms with Crippen LogP contribution < -0.4 is 16.4 Å². The quantitative estimate of drug-likeness (QED) is 0.495. The van der Waals surface area contributed by atoms with E-state index in [-0.39, 0.29) is 23.5 Å². The minimum absolute atomic E-state index is 0.0753. The van der Waals surface area contributed by atoms with Gasteiger partial charge in [-0.2, -0.15) is 0 Å². The van der Waals surface area contributed by atoms with Gasteiger partial charge in [-0.3, -0.25) is 9.59 Å². The second-order valence-electron chi connectivity index (χ2n) is 7.41. The molecular formula is C21H20Cl2N6O2. The number of nitrogens with one attached hydrogen (secondary N) is 2. The molecule has 10 heteroatoms. The molecule has 3 aromatic rings. The predicted molar refractivity (Wildman–Crippen MR) is 119 cm³/mol. The topological polar surface area (TPSA) is 115 Å². The molecule has 4 rings (SSSR count). The van der Waals surface area contributed by atoms with Crippen LogP contribution in [0.1, 0.15) is 40.6 Å². The number of aromatic nitrogens is 3. The van der Waals surface area contributed by atoms with Gasteiger partial charge in [0.15, 0.2) is 11.6 Å². The molecule has 1 aliphatic carbocycles. The van der Waals surface area contributed by atoms with E-state index in [4.69, 9.17) is 28.9 Å². The Hall–Kier alpha value is -3.10. The number of carbonyl (C=O) groups excluding carboxylic acids is 2. The standard InChI is InChI=1S/C21H20Cl2N6O2/c1-11(12-4-5-12)26-21(31)14-9-13(22)6-7-16(14)27-18-10-17(19(24)30)29(28-18)20-15(23)3-2-8-25-20/h2-3,6-12H,4-5H2,1H3,(H2,24,30)(H,26,31)(H,27,28). The molecule has 1 fully saturated rings. The van der Waals surface area contributed by atoms with E-state index >= 15 is 0 Å². The lowest BCUT2D eigenvalue weighted by Gasteiger charge is -2.15. The molecule has 31 heavy (non-hydrogen) atoms. The summed E-state index contributed by atoms with van der Waals surface area (Å²) in [5.41, 5.74) is 6.45. The van der Waals surface area contributed by atoms with Gasteiger partial charge in [0.25, 0.3) is 11.8 Å². The molecule has 0 bridgehead atoms. The monoisotopic (exact) mass is 458 g/mol. The largest absolute Gasteiger partial charge is 0.364 e. The lowest BCUT2D eigenvalue weighted by molar-refractivity contribution is 0.0935. The first-order valence-electron chi connectivity index (χ1n) is 9.71. The Morgan fingerprint density at radius 2 is 2.00 bits per heavy atom. The summed E-state index contributed by atoms with van der Waals surface area (Å²) in [7, 11) is 0. The van der Waals surface area contributed by atoms with Crippen LogP contribution in [-0.4, -0.2) is 32.6 Å². The van der Waals surface area contributed by atoms with Gasteiger partial charge in [-0.1, -0.05) is 23.2 Å². The Balaban J connectivity index is 1.66. The normalized spacial score (nSPS) is 14.2.